The predicted molar refractivity (Wildman–Crippen MR) is 191 cm³/mol. The number of carbonyl (C=O) groups excluding carboxylic acids is 2. The maximum Gasteiger partial charge on any atom is 0.338 e. The summed E-state index contributed by atoms with van der Waals surface area (Å²) in [4.78, 5) is 25.3. The minimum Gasteiger partial charge on any atom is -0.458 e. The highest BCUT2D eigenvalue weighted by Gasteiger charge is 2.55. The topological polar surface area (TPSA) is 61.8 Å². The molecule has 0 aromatic heterocycles. The first-order valence-electron chi connectivity index (χ1n) is 17.5. The van der Waals surface area contributed by atoms with Crippen LogP contribution in [0.2, 0.25) is 5.04 Å². The van der Waals surface area contributed by atoms with Gasteiger partial charge >= 0.3 is 11.9 Å². The van der Waals surface area contributed by atoms with Crippen LogP contribution >= 0.6 is 0 Å². The zero-order chi connectivity index (χ0) is 33.4. The molecule has 6 atom stereocenters. The summed E-state index contributed by atoms with van der Waals surface area (Å²) in [6, 6.07) is 30.9. The number of ether oxygens (including phenoxy) is 2. The molecule has 0 spiro atoms. The number of fused-ring (bicyclic) bond motifs is 1. The summed E-state index contributed by atoms with van der Waals surface area (Å²) < 4.78 is 19.6. The van der Waals surface area contributed by atoms with Gasteiger partial charge in [0.2, 0.25) is 0 Å². The molecule has 0 saturated heterocycles. The highest BCUT2D eigenvalue weighted by Crippen LogP contribution is 2.52. The molecule has 250 valence electrons. The van der Waals surface area contributed by atoms with E-state index in [1.54, 1.807) is 12.1 Å². The van der Waals surface area contributed by atoms with Crippen molar-refractivity contribution >= 4 is 30.6 Å². The standard InChI is InChI=1S/C41H52O5Si/c1-6-7-11-20-33(44-30(2)42)25-26-37-38-29-34(27-32(38)28-39(37)45-40(43)31-18-12-8-13-19-31)46-47(41(3,4)5,35-21-14-9-15-22-35)36-23-16-10-17-24-36/h8-10,12-19,21-26,32-34,37-39H,6-7,11,20,27-29H2,1-5H3/b26-25+/t32-,33+,34-,37+,38-,39+/m0/s1. The normalized spacial score (nSPS) is 23.4. The first-order valence-corrected chi connectivity index (χ1v) is 19.4. The van der Waals surface area contributed by atoms with Crippen molar-refractivity contribution in [3.8, 4) is 0 Å². The number of hydrogen-bond donors (Lipinski definition) is 0. The molecule has 47 heavy (non-hydrogen) atoms. The highest BCUT2D eigenvalue weighted by atomic mass is 28.4. The zero-order valence-electron chi connectivity index (χ0n) is 28.8. The second-order valence-corrected chi connectivity index (χ2v) is 18.7. The van der Waals surface area contributed by atoms with Crippen LogP contribution in [-0.2, 0) is 18.7 Å². The summed E-state index contributed by atoms with van der Waals surface area (Å²) in [7, 11) is -2.71. The number of carbonyl (C=O) groups is 2. The Morgan fingerprint density at radius 2 is 1.45 bits per heavy atom. The third-order valence-electron chi connectivity index (χ3n) is 10.2. The molecular formula is C41H52O5Si. The van der Waals surface area contributed by atoms with Crippen LogP contribution in [0.5, 0.6) is 0 Å². The van der Waals surface area contributed by atoms with Crippen LogP contribution in [0.1, 0.15) is 89.9 Å². The average Bonchev–Trinajstić information content (AvgIpc) is 3.59. The van der Waals surface area contributed by atoms with E-state index in [0.29, 0.717) is 17.4 Å². The lowest BCUT2D eigenvalue weighted by molar-refractivity contribution is -0.144. The summed E-state index contributed by atoms with van der Waals surface area (Å²) in [6.45, 7) is 10.6. The van der Waals surface area contributed by atoms with Crippen LogP contribution in [0.3, 0.4) is 0 Å². The van der Waals surface area contributed by atoms with Crippen molar-refractivity contribution in [2.45, 2.75) is 103 Å². The van der Waals surface area contributed by atoms with Crippen molar-refractivity contribution in [1.29, 1.82) is 0 Å². The number of benzene rings is 3. The lowest BCUT2D eigenvalue weighted by atomic mass is 9.90. The van der Waals surface area contributed by atoms with Gasteiger partial charge in [0.15, 0.2) is 0 Å². The van der Waals surface area contributed by atoms with Crippen LogP contribution in [-0.4, -0.2) is 38.6 Å². The smallest absolute Gasteiger partial charge is 0.338 e. The van der Waals surface area contributed by atoms with E-state index in [0.717, 1.165) is 44.9 Å². The molecule has 0 aliphatic heterocycles. The lowest BCUT2D eigenvalue weighted by Crippen LogP contribution is -2.67. The average molecular weight is 653 g/mol. The Balaban J connectivity index is 1.43. The van der Waals surface area contributed by atoms with Crippen LogP contribution in [0, 0.1) is 17.8 Å². The zero-order valence-corrected chi connectivity index (χ0v) is 29.8. The fraction of sp³-hybridized carbons (Fsp3) is 0.463. The second-order valence-electron chi connectivity index (χ2n) is 14.4. The van der Waals surface area contributed by atoms with Gasteiger partial charge in [-0.2, -0.15) is 0 Å². The number of rotatable bonds is 13. The largest absolute Gasteiger partial charge is 0.458 e. The van der Waals surface area contributed by atoms with E-state index in [9.17, 15) is 9.59 Å². The van der Waals surface area contributed by atoms with E-state index in [4.69, 9.17) is 13.9 Å². The molecule has 0 N–H and O–H groups in total. The molecule has 2 aliphatic rings. The van der Waals surface area contributed by atoms with Gasteiger partial charge in [-0.05, 0) is 77.6 Å². The third-order valence-corrected chi connectivity index (χ3v) is 15.2. The first kappa shape index (κ1) is 34.8. The van der Waals surface area contributed by atoms with Crippen LogP contribution in [0.25, 0.3) is 0 Å². The molecular weight excluding hydrogens is 601 g/mol. The molecule has 0 unspecified atom stereocenters. The van der Waals surface area contributed by atoms with Crippen LogP contribution in [0.4, 0.5) is 0 Å². The maximum absolute atomic E-state index is 13.3. The minimum atomic E-state index is -2.71. The number of hydrogen-bond acceptors (Lipinski definition) is 5. The van der Waals surface area contributed by atoms with Crippen LogP contribution in [0.15, 0.2) is 103 Å². The minimum absolute atomic E-state index is 0.0182. The monoisotopic (exact) mass is 652 g/mol. The predicted octanol–water partition coefficient (Wildman–Crippen LogP) is 8.27. The molecule has 2 fully saturated rings. The first-order chi connectivity index (χ1) is 22.6. The Morgan fingerprint density at radius 1 is 0.851 bits per heavy atom. The summed E-state index contributed by atoms with van der Waals surface area (Å²) in [5, 5.41) is 2.48. The van der Waals surface area contributed by atoms with Crippen molar-refractivity contribution in [3.63, 3.8) is 0 Å². The lowest BCUT2D eigenvalue weighted by Gasteiger charge is -2.45. The quantitative estimate of drug-likeness (QED) is 0.0805. The maximum atomic E-state index is 13.3. The molecule has 3 aromatic rings. The summed E-state index contributed by atoms with van der Waals surface area (Å²) in [5.41, 5.74) is 0.567. The molecule has 0 bridgehead atoms. The molecule has 0 amide bonds. The Morgan fingerprint density at radius 3 is 2.00 bits per heavy atom. The van der Waals surface area contributed by atoms with Gasteiger partial charge in [-0.25, -0.2) is 4.79 Å². The van der Waals surface area contributed by atoms with Gasteiger partial charge in [-0.1, -0.05) is 125 Å². The summed E-state index contributed by atoms with van der Waals surface area (Å²) in [5.74, 6) is 0.135. The molecule has 2 saturated carbocycles. The van der Waals surface area contributed by atoms with Crippen molar-refractivity contribution in [2.24, 2.45) is 17.8 Å². The fourth-order valence-corrected chi connectivity index (χ4v) is 12.8. The molecule has 3 aromatic carbocycles. The van der Waals surface area contributed by atoms with E-state index in [2.05, 4.69) is 101 Å². The molecule has 5 nitrogen and oxygen atoms in total. The van der Waals surface area contributed by atoms with E-state index in [1.165, 1.54) is 17.3 Å². The van der Waals surface area contributed by atoms with Crippen molar-refractivity contribution in [1.82, 2.24) is 0 Å². The van der Waals surface area contributed by atoms with Gasteiger partial charge in [0.25, 0.3) is 8.32 Å². The second kappa shape index (κ2) is 15.6. The Kier molecular flexibility index (Phi) is 11.6. The molecule has 5 rings (SSSR count). The van der Waals surface area contributed by atoms with Gasteiger partial charge in [0.05, 0.1) is 5.56 Å². The molecule has 0 radical (unpaired) electrons. The van der Waals surface area contributed by atoms with Gasteiger partial charge in [-0.3, -0.25) is 4.79 Å². The third kappa shape index (κ3) is 8.15. The SMILES string of the molecule is CCCCC[C@H](/C=C/[C@@H]1[C@H]2C[C@@H](O[Si](c3ccccc3)(c3ccccc3)C(C)(C)C)C[C@H]2C[C@H]1OC(=O)c1ccccc1)OC(C)=O. The van der Waals surface area contributed by atoms with Gasteiger partial charge in [0.1, 0.15) is 12.2 Å². The van der Waals surface area contributed by atoms with Gasteiger partial charge in [0, 0.05) is 18.9 Å². The van der Waals surface area contributed by atoms with Crippen molar-refractivity contribution < 1.29 is 23.5 Å². The van der Waals surface area contributed by atoms with E-state index < -0.39 is 8.32 Å². The molecule has 6 heteroatoms. The highest BCUT2D eigenvalue weighted by molar-refractivity contribution is 6.99. The van der Waals surface area contributed by atoms with Gasteiger partial charge in [-0.15, -0.1) is 0 Å². The Bertz CT molecular complexity index is 1430. The Labute approximate surface area is 282 Å². The fourth-order valence-electron chi connectivity index (χ4n) is 8.04. The van der Waals surface area contributed by atoms with E-state index in [1.807, 2.05) is 18.2 Å². The Hall–Kier alpha value is -3.48. The van der Waals surface area contributed by atoms with Crippen LogP contribution < -0.4 is 10.4 Å². The summed E-state index contributed by atoms with van der Waals surface area (Å²) >= 11 is 0. The molecule has 2 aliphatic carbocycles. The van der Waals surface area contributed by atoms with Crippen molar-refractivity contribution in [2.75, 3.05) is 0 Å². The summed E-state index contributed by atoms with van der Waals surface area (Å²) in [6.07, 6.45) is 10.4. The number of esters is 2. The van der Waals surface area contributed by atoms with Crippen molar-refractivity contribution in [3.05, 3.63) is 109 Å². The van der Waals surface area contributed by atoms with E-state index in [-0.39, 0.29) is 41.2 Å². The van der Waals surface area contributed by atoms with Gasteiger partial charge < -0.3 is 13.9 Å². The molecule has 0 heterocycles. The van der Waals surface area contributed by atoms with E-state index >= 15 is 0 Å². The number of unbranched alkanes of at least 4 members (excludes halogenated alkanes) is 2.